The van der Waals surface area contributed by atoms with E-state index in [2.05, 4.69) is 15.0 Å². The molecule has 2 aromatic heterocycles. The van der Waals surface area contributed by atoms with Crippen molar-refractivity contribution in [3.63, 3.8) is 0 Å². The topological polar surface area (TPSA) is 97.0 Å². The summed E-state index contributed by atoms with van der Waals surface area (Å²) in [6.45, 7) is 0. The Hall–Kier alpha value is -2.76. The Morgan fingerprint density at radius 1 is 1.21 bits per heavy atom. The zero-order valence-electron chi connectivity index (χ0n) is 10.2. The number of benzene rings is 1. The van der Waals surface area contributed by atoms with Crippen molar-refractivity contribution in [2.24, 2.45) is 0 Å². The Labute approximate surface area is 108 Å². The fourth-order valence-electron chi connectivity index (χ4n) is 1.88. The van der Waals surface area contributed by atoms with Gasteiger partial charge >= 0.3 is 0 Å². The molecule has 0 saturated heterocycles. The molecule has 0 aliphatic heterocycles. The highest BCUT2D eigenvalue weighted by Crippen LogP contribution is 2.30. The first-order chi connectivity index (χ1) is 9.17. The third-order valence-corrected chi connectivity index (χ3v) is 2.82. The van der Waals surface area contributed by atoms with E-state index in [1.165, 1.54) is 7.11 Å². The number of fused-ring (bicyclic) bond motifs is 1. The van der Waals surface area contributed by atoms with Crippen molar-refractivity contribution >= 4 is 17.0 Å². The van der Waals surface area contributed by atoms with Crippen LogP contribution >= 0.6 is 0 Å². The predicted molar refractivity (Wildman–Crippen MR) is 72.0 cm³/mol. The van der Waals surface area contributed by atoms with Crippen LogP contribution in [0, 0.1) is 0 Å². The molecule has 19 heavy (non-hydrogen) atoms. The van der Waals surface area contributed by atoms with E-state index in [0.29, 0.717) is 23.0 Å². The molecule has 0 aliphatic carbocycles. The number of imidazole rings is 1. The molecular weight excluding hydrogens is 244 g/mol. The van der Waals surface area contributed by atoms with Gasteiger partial charge < -0.3 is 20.6 Å². The summed E-state index contributed by atoms with van der Waals surface area (Å²) in [5.41, 5.74) is 7.70. The highest BCUT2D eigenvalue weighted by Gasteiger charge is 2.09. The van der Waals surface area contributed by atoms with E-state index in [0.717, 1.165) is 11.1 Å². The average molecular weight is 256 g/mol. The largest absolute Gasteiger partial charge is 0.504 e. The van der Waals surface area contributed by atoms with Gasteiger partial charge in [0.1, 0.15) is 11.6 Å². The monoisotopic (exact) mass is 256 g/mol. The second-order valence-electron chi connectivity index (χ2n) is 4.08. The molecule has 6 heteroatoms. The highest BCUT2D eigenvalue weighted by atomic mass is 16.5. The molecule has 0 aliphatic rings. The number of nitrogen functional groups attached to an aromatic ring is 1. The maximum absolute atomic E-state index is 9.77. The van der Waals surface area contributed by atoms with Gasteiger partial charge in [-0.25, -0.2) is 9.97 Å². The summed E-state index contributed by atoms with van der Waals surface area (Å²) in [6.07, 6.45) is 0. The maximum atomic E-state index is 9.77. The number of aromatic nitrogens is 3. The zero-order chi connectivity index (χ0) is 13.4. The Balaban J connectivity index is 2.11. The normalized spacial score (nSPS) is 10.8. The van der Waals surface area contributed by atoms with Crippen molar-refractivity contribution < 1.29 is 9.84 Å². The van der Waals surface area contributed by atoms with Gasteiger partial charge in [-0.3, -0.25) is 0 Å². The number of phenols is 1. The number of anilines is 1. The SMILES string of the molecule is COc1ccc(-c2nc3nc(N)ccc3[nH]2)cc1O. The van der Waals surface area contributed by atoms with Gasteiger partial charge in [0.15, 0.2) is 17.1 Å². The van der Waals surface area contributed by atoms with Gasteiger partial charge in [0, 0.05) is 5.56 Å². The quantitative estimate of drug-likeness (QED) is 0.650. The van der Waals surface area contributed by atoms with Gasteiger partial charge in [-0.2, -0.15) is 0 Å². The summed E-state index contributed by atoms with van der Waals surface area (Å²) in [4.78, 5) is 11.6. The number of aromatic amines is 1. The molecule has 6 nitrogen and oxygen atoms in total. The van der Waals surface area contributed by atoms with Crippen LogP contribution in [-0.4, -0.2) is 27.2 Å². The molecule has 4 N–H and O–H groups in total. The minimum absolute atomic E-state index is 0.0629. The lowest BCUT2D eigenvalue weighted by molar-refractivity contribution is 0.373. The molecule has 0 radical (unpaired) electrons. The third-order valence-electron chi connectivity index (χ3n) is 2.82. The summed E-state index contributed by atoms with van der Waals surface area (Å²) >= 11 is 0. The predicted octanol–water partition coefficient (Wildman–Crippen LogP) is 1.92. The molecule has 0 atom stereocenters. The van der Waals surface area contributed by atoms with E-state index in [4.69, 9.17) is 10.5 Å². The minimum atomic E-state index is 0.0629. The summed E-state index contributed by atoms with van der Waals surface area (Å²) < 4.78 is 5.00. The molecule has 3 rings (SSSR count). The highest BCUT2D eigenvalue weighted by molar-refractivity contribution is 5.77. The van der Waals surface area contributed by atoms with Crippen LogP contribution in [0.2, 0.25) is 0 Å². The van der Waals surface area contributed by atoms with Gasteiger partial charge in [0.25, 0.3) is 0 Å². The van der Waals surface area contributed by atoms with Crippen LogP contribution in [0.15, 0.2) is 30.3 Å². The molecule has 2 heterocycles. The number of ether oxygens (including phenoxy) is 1. The van der Waals surface area contributed by atoms with Crippen LogP contribution < -0.4 is 10.5 Å². The minimum Gasteiger partial charge on any atom is -0.504 e. The van der Waals surface area contributed by atoms with Gasteiger partial charge in [0.05, 0.1) is 12.6 Å². The first-order valence-corrected chi connectivity index (χ1v) is 5.67. The van der Waals surface area contributed by atoms with Crippen LogP contribution in [0.25, 0.3) is 22.6 Å². The number of pyridine rings is 1. The fraction of sp³-hybridized carbons (Fsp3) is 0.0769. The van der Waals surface area contributed by atoms with Crippen LogP contribution in [0.1, 0.15) is 0 Å². The molecule has 0 spiro atoms. The number of nitrogens with one attached hydrogen (secondary N) is 1. The van der Waals surface area contributed by atoms with E-state index in [9.17, 15) is 5.11 Å². The van der Waals surface area contributed by atoms with Gasteiger partial charge in [0.2, 0.25) is 0 Å². The first kappa shape index (κ1) is 11.3. The summed E-state index contributed by atoms with van der Waals surface area (Å²) in [5.74, 6) is 1.52. The first-order valence-electron chi connectivity index (χ1n) is 5.67. The van der Waals surface area contributed by atoms with E-state index in [1.54, 1.807) is 24.3 Å². The molecule has 96 valence electrons. The number of phenolic OH excluding ortho intramolecular Hbond substituents is 1. The van der Waals surface area contributed by atoms with Crippen LogP contribution in [0.4, 0.5) is 5.82 Å². The number of H-pyrrole nitrogens is 1. The smallest absolute Gasteiger partial charge is 0.180 e. The second kappa shape index (κ2) is 4.16. The Morgan fingerprint density at radius 2 is 2.05 bits per heavy atom. The van der Waals surface area contributed by atoms with E-state index < -0.39 is 0 Å². The zero-order valence-corrected chi connectivity index (χ0v) is 10.2. The van der Waals surface area contributed by atoms with Crippen molar-refractivity contribution in [1.29, 1.82) is 0 Å². The van der Waals surface area contributed by atoms with Crippen LogP contribution in [-0.2, 0) is 0 Å². The summed E-state index contributed by atoms with van der Waals surface area (Å²) in [6, 6.07) is 8.59. The van der Waals surface area contributed by atoms with Crippen molar-refractivity contribution in [2.45, 2.75) is 0 Å². The summed E-state index contributed by atoms with van der Waals surface area (Å²) in [7, 11) is 1.50. The molecule has 0 fully saturated rings. The van der Waals surface area contributed by atoms with E-state index in [-0.39, 0.29) is 5.75 Å². The standard InChI is InChI=1S/C13H12N4O2/c1-19-10-4-2-7(6-9(10)18)12-15-8-3-5-11(14)16-13(8)17-12/h2-6,18H,1H3,(H3,14,15,16,17). The van der Waals surface area contributed by atoms with Gasteiger partial charge in [-0.1, -0.05) is 0 Å². The molecule has 0 bridgehead atoms. The number of methoxy groups -OCH3 is 1. The third kappa shape index (κ3) is 1.93. The lowest BCUT2D eigenvalue weighted by Gasteiger charge is -2.04. The molecule has 3 aromatic rings. The number of rotatable bonds is 2. The number of nitrogens with zero attached hydrogens (tertiary/aromatic N) is 2. The molecule has 0 unspecified atom stereocenters. The van der Waals surface area contributed by atoms with Crippen LogP contribution in [0.3, 0.4) is 0 Å². The van der Waals surface area contributed by atoms with Crippen molar-refractivity contribution in [3.05, 3.63) is 30.3 Å². The Bertz CT molecular complexity index is 751. The average Bonchev–Trinajstić information content (AvgIpc) is 2.81. The van der Waals surface area contributed by atoms with Gasteiger partial charge in [-0.05, 0) is 30.3 Å². The lowest BCUT2D eigenvalue weighted by atomic mass is 10.2. The molecular formula is C13H12N4O2. The van der Waals surface area contributed by atoms with E-state index in [1.807, 2.05) is 6.07 Å². The van der Waals surface area contributed by atoms with Crippen molar-refractivity contribution in [1.82, 2.24) is 15.0 Å². The number of nitrogens with two attached hydrogens (primary N) is 1. The number of hydrogen-bond donors (Lipinski definition) is 3. The van der Waals surface area contributed by atoms with Crippen LogP contribution in [0.5, 0.6) is 11.5 Å². The lowest BCUT2D eigenvalue weighted by Crippen LogP contribution is -1.88. The molecule has 0 amide bonds. The Morgan fingerprint density at radius 3 is 2.79 bits per heavy atom. The van der Waals surface area contributed by atoms with E-state index >= 15 is 0 Å². The second-order valence-corrected chi connectivity index (χ2v) is 4.08. The van der Waals surface area contributed by atoms with Gasteiger partial charge in [-0.15, -0.1) is 0 Å². The maximum Gasteiger partial charge on any atom is 0.180 e. The molecule has 0 saturated carbocycles. The number of hydrogen-bond acceptors (Lipinski definition) is 5. The fourth-order valence-corrected chi connectivity index (χ4v) is 1.88. The molecule has 1 aromatic carbocycles. The van der Waals surface area contributed by atoms with Crippen molar-refractivity contribution in [2.75, 3.05) is 12.8 Å². The Kier molecular flexibility index (Phi) is 2.49. The number of aromatic hydroxyl groups is 1. The van der Waals surface area contributed by atoms with Crippen molar-refractivity contribution in [3.8, 4) is 22.9 Å². The summed E-state index contributed by atoms with van der Waals surface area (Å²) in [5, 5.41) is 9.77.